The molecule has 1 fully saturated rings. The number of rotatable bonds is 4. The maximum Gasteiger partial charge on any atom is 0.267 e. The lowest BCUT2D eigenvalue weighted by molar-refractivity contribution is -0.00435. The average molecular weight is 379 g/mol. The second-order valence-electron chi connectivity index (χ2n) is 7.17. The summed E-state index contributed by atoms with van der Waals surface area (Å²) < 4.78 is 18.8. The van der Waals surface area contributed by atoms with Gasteiger partial charge in [-0.1, -0.05) is 24.3 Å². The number of amides is 1. The summed E-state index contributed by atoms with van der Waals surface area (Å²) in [6.07, 6.45) is 0. The van der Waals surface area contributed by atoms with E-state index in [0.29, 0.717) is 11.6 Å². The molecule has 1 atom stereocenters. The number of nitrogens with zero attached hydrogens (tertiary/aromatic N) is 2. The molecule has 28 heavy (non-hydrogen) atoms. The molecular formula is C22H22FN3O2. The molecule has 0 bridgehead atoms. The number of carbonyl (C=O) groups excluding carboxylic acids is 1. The third kappa shape index (κ3) is 3.74. The molecule has 4 rings (SSSR count). The highest BCUT2D eigenvalue weighted by molar-refractivity contribution is 6.00. The van der Waals surface area contributed by atoms with E-state index in [9.17, 15) is 9.18 Å². The Balaban J connectivity index is 1.77. The van der Waals surface area contributed by atoms with Crippen LogP contribution in [-0.4, -0.2) is 41.6 Å². The summed E-state index contributed by atoms with van der Waals surface area (Å²) in [6.45, 7) is 5.28. The molecule has 2 heterocycles. The number of pyridine rings is 1. The lowest BCUT2D eigenvalue weighted by Crippen LogP contribution is -2.42. The predicted octanol–water partition coefficient (Wildman–Crippen LogP) is 3.36. The lowest BCUT2D eigenvalue weighted by Gasteiger charge is -2.33. The third-order valence-electron chi connectivity index (χ3n) is 5.17. The number of carbonyl (C=O) groups is 1. The van der Waals surface area contributed by atoms with Crippen molar-refractivity contribution in [1.82, 2.24) is 9.88 Å². The predicted molar refractivity (Wildman–Crippen MR) is 106 cm³/mol. The fourth-order valence-electron chi connectivity index (χ4n) is 3.60. The summed E-state index contributed by atoms with van der Waals surface area (Å²) in [4.78, 5) is 18.6. The van der Waals surface area contributed by atoms with Gasteiger partial charge in [0.05, 0.1) is 18.7 Å². The van der Waals surface area contributed by atoms with E-state index in [0.717, 1.165) is 48.4 Å². The van der Waals surface area contributed by atoms with Crippen molar-refractivity contribution >= 4 is 16.8 Å². The first kappa shape index (κ1) is 18.5. The number of aromatic nitrogens is 1. The van der Waals surface area contributed by atoms with Crippen LogP contribution in [0, 0.1) is 5.82 Å². The number of fused-ring (bicyclic) bond motifs is 1. The van der Waals surface area contributed by atoms with E-state index in [4.69, 9.17) is 10.5 Å². The molecule has 0 saturated carbocycles. The molecule has 6 heteroatoms. The fourth-order valence-corrected chi connectivity index (χ4v) is 3.60. The molecule has 144 valence electrons. The first-order valence-corrected chi connectivity index (χ1v) is 9.32. The van der Waals surface area contributed by atoms with Gasteiger partial charge in [0.1, 0.15) is 11.5 Å². The van der Waals surface area contributed by atoms with Gasteiger partial charge in [-0.05, 0) is 47.9 Å². The van der Waals surface area contributed by atoms with E-state index in [2.05, 4.69) is 22.9 Å². The molecule has 5 nitrogen and oxygen atoms in total. The van der Waals surface area contributed by atoms with Gasteiger partial charge in [-0.15, -0.1) is 0 Å². The quantitative estimate of drug-likeness (QED) is 0.755. The van der Waals surface area contributed by atoms with Gasteiger partial charge in [0.15, 0.2) is 0 Å². The van der Waals surface area contributed by atoms with Gasteiger partial charge in [-0.2, -0.15) is 0 Å². The smallest absolute Gasteiger partial charge is 0.267 e. The van der Waals surface area contributed by atoms with E-state index in [1.165, 1.54) is 12.1 Å². The van der Waals surface area contributed by atoms with Crippen molar-refractivity contribution in [3.63, 3.8) is 0 Å². The number of benzene rings is 2. The number of hydrogen-bond donors (Lipinski definition) is 1. The highest BCUT2D eigenvalue weighted by Gasteiger charge is 2.19. The van der Waals surface area contributed by atoms with Crippen LogP contribution in [0.1, 0.15) is 23.0 Å². The summed E-state index contributed by atoms with van der Waals surface area (Å²) in [6, 6.07) is 14.3. The van der Waals surface area contributed by atoms with Gasteiger partial charge in [0.25, 0.3) is 5.91 Å². The van der Waals surface area contributed by atoms with Crippen LogP contribution in [0.15, 0.2) is 48.5 Å². The first-order valence-electron chi connectivity index (χ1n) is 9.32. The van der Waals surface area contributed by atoms with Crippen molar-refractivity contribution in [3.05, 3.63) is 65.6 Å². The normalized spacial score (nSPS) is 17.7. The Morgan fingerprint density at radius 2 is 2.04 bits per heavy atom. The molecule has 1 aromatic heterocycles. The van der Waals surface area contributed by atoms with Crippen LogP contribution in [0.2, 0.25) is 0 Å². The van der Waals surface area contributed by atoms with E-state index >= 15 is 0 Å². The molecule has 1 aliphatic heterocycles. The maximum atomic E-state index is 13.3. The van der Waals surface area contributed by atoms with Crippen LogP contribution >= 0.6 is 0 Å². The molecule has 1 amide bonds. The summed E-state index contributed by atoms with van der Waals surface area (Å²) >= 11 is 0. The number of halogens is 1. The Hall–Kier alpha value is -2.83. The summed E-state index contributed by atoms with van der Waals surface area (Å²) in [5.41, 5.74) is 9.13. The van der Waals surface area contributed by atoms with Crippen LogP contribution in [0.5, 0.6) is 0 Å². The van der Waals surface area contributed by atoms with E-state index < -0.39 is 5.91 Å². The van der Waals surface area contributed by atoms with Crippen LogP contribution in [0.3, 0.4) is 0 Å². The first-order chi connectivity index (χ1) is 13.5. The molecule has 0 radical (unpaired) electrons. The van der Waals surface area contributed by atoms with Crippen molar-refractivity contribution in [1.29, 1.82) is 0 Å². The number of nitrogens with two attached hydrogens (primary N) is 1. The number of hydrogen-bond acceptors (Lipinski definition) is 4. The molecule has 1 aliphatic rings. The fraction of sp³-hybridized carbons (Fsp3) is 0.273. The zero-order chi connectivity index (χ0) is 19.7. The van der Waals surface area contributed by atoms with Gasteiger partial charge in [0, 0.05) is 24.5 Å². The largest absolute Gasteiger partial charge is 0.379 e. The minimum atomic E-state index is -0.586. The zero-order valence-electron chi connectivity index (χ0n) is 15.7. The van der Waals surface area contributed by atoms with Gasteiger partial charge < -0.3 is 10.5 Å². The average Bonchev–Trinajstić information content (AvgIpc) is 2.69. The third-order valence-corrected chi connectivity index (χ3v) is 5.17. The molecular weight excluding hydrogens is 357 g/mol. The van der Waals surface area contributed by atoms with Crippen LogP contribution in [0.4, 0.5) is 4.39 Å². The number of primary amides is 1. The second-order valence-corrected chi connectivity index (χ2v) is 7.17. The summed E-state index contributed by atoms with van der Waals surface area (Å²) in [5.74, 6) is -0.892. The van der Waals surface area contributed by atoms with Crippen molar-refractivity contribution < 1.29 is 13.9 Å². The Morgan fingerprint density at radius 1 is 1.25 bits per heavy atom. The van der Waals surface area contributed by atoms with E-state index in [1.54, 1.807) is 18.2 Å². The number of ether oxygens (including phenoxy) is 1. The standard InChI is InChI=1S/C22H22FN3O2/c1-14-13-28-9-8-26(14)12-15-2-7-18-19(16-3-5-17(23)6-4-16)11-21(22(24)27)25-20(18)10-15/h2-7,10-11,14H,8-9,12-13H2,1H3,(H2,24,27)/t14-/m0/s1. The molecule has 2 N–H and O–H groups in total. The monoisotopic (exact) mass is 379 g/mol. The van der Waals surface area contributed by atoms with E-state index in [-0.39, 0.29) is 11.5 Å². The molecule has 0 unspecified atom stereocenters. The number of morpholine rings is 1. The van der Waals surface area contributed by atoms with Crippen LogP contribution in [0.25, 0.3) is 22.0 Å². The summed E-state index contributed by atoms with van der Waals surface area (Å²) in [5, 5.41) is 0.899. The lowest BCUT2D eigenvalue weighted by atomic mass is 9.98. The van der Waals surface area contributed by atoms with Crippen molar-refractivity contribution in [2.24, 2.45) is 5.73 Å². The van der Waals surface area contributed by atoms with Gasteiger partial charge in [-0.25, -0.2) is 9.37 Å². The van der Waals surface area contributed by atoms with Crippen LogP contribution < -0.4 is 5.73 Å². The molecule has 0 aliphatic carbocycles. The van der Waals surface area contributed by atoms with Crippen molar-refractivity contribution in [2.45, 2.75) is 19.5 Å². The van der Waals surface area contributed by atoms with Gasteiger partial charge in [-0.3, -0.25) is 9.69 Å². The Bertz CT molecular complexity index is 1020. The highest BCUT2D eigenvalue weighted by Crippen LogP contribution is 2.30. The maximum absolute atomic E-state index is 13.3. The minimum absolute atomic E-state index is 0.198. The second kappa shape index (κ2) is 7.66. The zero-order valence-corrected chi connectivity index (χ0v) is 15.7. The highest BCUT2D eigenvalue weighted by atomic mass is 19.1. The summed E-state index contributed by atoms with van der Waals surface area (Å²) in [7, 11) is 0. The van der Waals surface area contributed by atoms with Crippen molar-refractivity contribution in [2.75, 3.05) is 19.8 Å². The molecule has 1 saturated heterocycles. The molecule has 2 aromatic carbocycles. The van der Waals surface area contributed by atoms with Gasteiger partial charge in [0.2, 0.25) is 0 Å². The van der Waals surface area contributed by atoms with Crippen molar-refractivity contribution in [3.8, 4) is 11.1 Å². The minimum Gasteiger partial charge on any atom is -0.379 e. The Labute approximate surface area is 162 Å². The van der Waals surface area contributed by atoms with E-state index in [1.807, 2.05) is 12.1 Å². The van der Waals surface area contributed by atoms with Crippen LogP contribution in [-0.2, 0) is 11.3 Å². The SMILES string of the molecule is C[C@H]1COCCN1Cc1ccc2c(-c3ccc(F)cc3)cc(C(N)=O)nc2c1. The Kier molecular flexibility index (Phi) is 5.07. The topological polar surface area (TPSA) is 68.5 Å². The van der Waals surface area contributed by atoms with Gasteiger partial charge >= 0.3 is 0 Å². The Morgan fingerprint density at radius 3 is 2.75 bits per heavy atom. The molecule has 0 spiro atoms. The molecule has 3 aromatic rings.